The van der Waals surface area contributed by atoms with Gasteiger partial charge in [0.2, 0.25) is 0 Å². The molecule has 1 amide bonds. The Kier molecular flexibility index (Phi) is 2.30. The number of alkyl halides is 3. The van der Waals surface area contributed by atoms with Gasteiger partial charge >= 0.3 is 12.1 Å². The van der Waals surface area contributed by atoms with Crippen molar-refractivity contribution in [3.63, 3.8) is 0 Å². The normalized spacial score (nSPS) is 11.7. The van der Waals surface area contributed by atoms with Crippen molar-refractivity contribution in [2.24, 2.45) is 0 Å². The number of hydrogen-bond donors (Lipinski definition) is 1. The zero-order chi connectivity index (χ0) is 11.8. The summed E-state index contributed by atoms with van der Waals surface area (Å²) in [6, 6.07) is 4.03. The number of nitrogens with one attached hydrogen (secondary N) is 1. The van der Waals surface area contributed by atoms with Crippen LogP contribution in [0.15, 0.2) is 29.0 Å². The van der Waals surface area contributed by atoms with Gasteiger partial charge in [-0.1, -0.05) is 0 Å². The van der Waals surface area contributed by atoms with E-state index in [2.05, 4.69) is 4.98 Å². The van der Waals surface area contributed by atoms with Crippen molar-refractivity contribution in [2.45, 2.75) is 6.18 Å². The minimum Gasteiger partial charge on any atom is -0.443 e. The summed E-state index contributed by atoms with van der Waals surface area (Å²) >= 11 is 0. The first-order chi connectivity index (χ1) is 7.47. The van der Waals surface area contributed by atoms with E-state index in [0.29, 0.717) is 11.1 Å². The molecule has 2 rings (SSSR count). The Bertz CT molecular complexity index is 533. The number of amides is 1. The molecule has 0 saturated heterocycles. The SMILES string of the molecule is O=C(Nc1ccc2ncoc2c1)C(F)(F)F. The molecule has 0 aliphatic rings. The van der Waals surface area contributed by atoms with Crippen molar-refractivity contribution in [3.8, 4) is 0 Å². The number of carbonyl (C=O) groups is 1. The van der Waals surface area contributed by atoms with Crippen LogP contribution >= 0.6 is 0 Å². The molecule has 0 bridgehead atoms. The fourth-order valence-electron chi connectivity index (χ4n) is 1.13. The average molecular weight is 230 g/mol. The quantitative estimate of drug-likeness (QED) is 0.817. The Morgan fingerprint density at radius 1 is 1.38 bits per heavy atom. The number of benzene rings is 1. The van der Waals surface area contributed by atoms with E-state index in [4.69, 9.17) is 4.42 Å². The van der Waals surface area contributed by atoms with Crippen LogP contribution in [0.5, 0.6) is 0 Å². The molecule has 7 heteroatoms. The number of hydrogen-bond acceptors (Lipinski definition) is 3. The van der Waals surface area contributed by atoms with Crippen LogP contribution in [0, 0.1) is 0 Å². The van der Waals surface area contributed by atoms with Gasteiger partial charge in [0, 0.05) is 11.8 Å². The van der Waals surface area contributed by atoms with Crippen LogP contribution in [0.1, 0.15) is 0 Å². The number of oxazole rings is 1. The molecule has 0 atom stereocenters. The molecule has 0 aliphatic heterocycles. The van der Waals surface area contributed by atoms with Crippen molar-refractivity contribution in [1.82, 2.24) is 4.98 Å². The van der Waals surface area contributed by atoms with Gasteiger partial charge in [-0.25, -0.2) is 4.98 Å². The van der Waals surface area contributed by atoms with E-state index in [0.717, 1.165) is 0 Å². The zero-order valence-corrected chi connectivity index (χ0v) is 7.71. The summed E-state index contributed by atoms with van der Waals surface area (Å²) in [4.78, 5) is 14.4. The minimum atomic E-state index is -4.91. The highest BCUT2D eigenvalue weighted by Gasteiger charge is 2.38. The maximum Gasteiger partial charge on any atom is 0.471 e. The molecule has 1 heterocycles. The standard InChI is InChI=1S/C9H5F3N2O2/c10-9(11,12)8(15)14-5-1-2-6-7(3-5)16-4-13-6/h1-4H,(H,14,15). The number of carbonyl (C=O) groups excluding carboxylic acids is 1. The van der Waals surface area contributed by atoms with Gasteiger partial charge < -0.3 is 9.73 Å². The van der Waals surface area contributed by atoms with Crippen LogP contribution in [0.2, 0.25) is 0 Å². The van der Waals surface area contributed by atoms with E-state index in [1.54, 1.807) is 5.32 Å². The molecule has 0 saturated carbocycles. The lowest BCUT2D eigenvalue weighted by atomic mass is 10.3. The molecule has 0 fully saturated rings. The molecule has 0 aliphatic carbocycles. The van der Waals surface area contributed by atoms with Gasteiger partial charge in [0.25, 0.3) is 0 Å². The molecule has 0 radical (unpaired) electrons. The molecule has 4 nitrogen and oxygen atoms in total. The molecule has 2 aromatic rings. The van der Waals surface area contributed by atoms with Crippen molar-refractivity contribution >= 4 is 22.7 Å². The van der Waals surface area contributed by atoms with Gasteiger partial charge in [0.15, 0.2) is 12.0 Å². The lowest BCUT2D eigenvalue weighted by molar-refractivity contribution is -0.167. The zero-order valence-electron chi connectivity index (χ0n) is 7.71. The van der Waals surface area contributed by atoms with E-state index in [1.165, 1.54) is 24.6 Å². The molecule has 1 aromatic heterocycles. The Labute approximate surface area is 87.1 Å². The molecule has 0 unspecified atom stereocenters. The molecule has 84 valence electrons. The molecule has 16 heavy (non-hydrogen) atoms. The highest BCUT2D eigenvalue weighted by molar-refractivity contribution is 5.96. The van der Waals surface area contributed by atoms with Gasteiger partial charge in [-0.15, -0.1) is 0 Å². The number of anilines is 1. The second-order valence-corrected chi connectivity index (χ2v) is 2.99. The summed E-state index contributed by atoms with van der Waals surface area (Å²) in [5.74, 6) is -2.02. The summed E-state index contributed by atoms with van der Waals surface area (Å²) < 4.78 is 40.7. The summed E-state index contributed by atoms with van der Waals surface area (Å²) in [7, 11) is 0. The van der Waals surface area contributed by atoms with E-state index < -0.39 is 12.1 Å². The second kappa shape index (κ2) is 3.51. The van der Waals surface area contributed by atoms with Gasteiger partial charge in [0.1, 0.15) is 5.52 Å². The number of aromatic nitrogens is 1. The van der Waals surface area contributed by atoms with Gasteiger partial charge in [-0.05, 0) is 12.1 Å². The third kappa shape index (κ3) is 1.97. The number of fused-ring (bicyclic) bond motifs is 1. The summed E-state index contributed by atoms with van der Waals surface area (Å²) in [5, 5.41) is 1.71. The lowest BCUT2D eigenvalue weighted by Gasteiger charge is -2.07. The van der Waals surface area contributed by atoms with Crippen LogP contribution in [-0.4, -0.2) is 17.1 Å². The molecular formula is C9H5F3N2O2. The minimum absolute atomic E-state index is 0.00609. The van der Waals surface area contributed by atoms with E-state index in [-0.39, 0.29) is 5.69 Å². The van der Waals surface area contributed by atoms with Crippen LogP contribution in [-0.2, 0) is 4.79 Å². The van der Waals surface area contributed by atoms with E-state index in [1.807, 2.05) is 0 Å². The second-order valence-electron chi connectivity index (χ2n) is 2.99. The Balaban J connectivity index is 2.24. The van der Waals surface area contributed by atoms with E-state index >= 15 is 0 Å². The van der Waals surface area contributed by atoms with Crippen LogP contribution in [0.4, 0.5) is 18.9 Å². The molecular weight excluding hydrogens is 225 g/mol. The lowest BCUT2D eigenvalue weighted by Crippen LogP contribution is -2.29. The molecule has 0 spiro atoms. The smallest absolute Gasteiger partial charge is 0.443 e. The third-order valence-corrected chi connectivity index (χ3v) is 1.85. The molecule has 1 N–H and O–H groups in total. The van der Waals surface area contributed by atoms with Crippen molar-refractivity contribution in [1.29, 1.82) is 0 Å². The monoisotopic (exact) mass is 230 g/mol. The van der Waals surface area contributed by atoms with Crippen LogP contribution < -0.4 is 5.32 Å². The summed E-state index contributed by atoms with van der Waals surface area (Å²) in [6.45, 7) is 0. The molecule has 1 aromatic carbocycles. The first-order valence-corrected chi connectivity index (χ1v) is 4.18. The predicted octanol–water partition coefficient (Wildman–Crippen LogP) is 2.33. The van der Waals surface area contributed by atoms with Gasteiger partial charge in [-0.2, -0.15) is 13.2 Å². The van der Waals surface area contributed by atoms with Crippen LogP contribution in [0.3, 0.4) is 0 Å². The predicted molar refractivity (Wildman–Crippen MR) is 48.7 cm³/mol. The topological polar surface area (TPSA) is 55.1 Å². The van der Waals surface area contributed by atoms with Gasteiger partial charge in [0.05, 0.1) is 0 Å². The van der Waals surface area contributed by atoms with Gasteiger partial charge in [-0.3, -0.25) is 4.79 Å². The van der Waals surface area contributed by atoms with Crippen molar-refractivity contribution in [3.05, 3.63) is 24.6 Å². The number of halogens is 3. The maximum absolute atomic E-state index is 11.9. The Morgan fingerprint density at radius 2 is 2.12 bits per heavy atom. The Morgan fingerprint density at radius 3 is 2.81 bits per heavy atom. The largest absolute Gasteiger partial charge is 0.471 e. The first kappa shape index (κ1) is 10.5. The highest BCUT2D eigenvalue weighted by atomic mass is 19.4. The fourth-order valence-corrected chi connectivity index (χ4v) is 1.13. The van der Waals surface area contributed by atoms with E-state index in [9.17, 15) is 18.0 Å². The third-order valence-electron chi connectivity index (χ3n) is 1.85. The van der Waals surface area contributed by atoms with Crippen LogP contribution in [0.25, 0.3) is 11.1 Å². The van der Waals surface area contributed by atoms with Crippen molar-refractivity contribution in [2.75, 3.05) is 5.32 Å². The Hall–Kier alpha value is -2.05. The summed E-state index contributed by atoms with van der Waals surface area (Å²) in [6.07, 6.45) is -3.74. The van der Waals surface area contributed by atoms with Crippen molar-refractivity contribution < 1.29 is 22.4 Å². The number of nitrogens with zero attached hydrogens (tertiary/aromatic N) is 1. The highest BCUT2D eigenvalue weighted by Crippen LogP contribution is 2.21. The first-order valence-electron chi connectivity index (χ1n) is 4.18. The average Bonchev–Trinajstić information content (AvgIpc) is 2.63. The summed E-state index contributed by atoms with van der Waals surface area (Å²) in [5.41, 5.74) is 0.816. The fraction of sp³-hybridized carbons (Fsp3) is 0.111. The maximum atomic E-state index is 11.9. The number of rotatable bonds is 1.